The third kappa shape index (κ3) is 3.46. The third-order valence-corrected chi connectivity index (χ3v) is 1.91. The predicted molar refractivity (Wildman–Crippen MR) is 45.7 cm³/mol. The lowest BCUT2D eigenvalue weighted by atomic mass is 10.5. The highest BCUT2D eigenvalue weighted by molar-refractivity contribution is 7.07. The lowest BCUT2D eigenvalue weighted by Gasteiger charge is -1.99. The van der Waals surface area contributed by atoms with Gasteiger partial charge in [0.25, 0.3) is 0 Å². The Morgan fingerprint density at radius 1 is 1.73 bits per heavy atom. The number of thiazole rings is 1. The molecule has 1 heterocycles. The van der Waals surface area contributed by atoms with Gasteiger partial charge in [0, 0.05) is 25.6 Å². The first kappa shape index (κ1) is 8.64. The zero-order chi connectivity index (χ0) is 7.94. The first-order chi connectivity index (χ1) is 5.43. The maximum absolute atomic E-state index is 4.88. The van der Waals surface area contributed by atoms with Gasteiger partial charge in [0.15, 0.2) is 0 Å². The molecule has 1 rings (SSSR count). The minimum atomic E-state index is 0.754. The summed E-state index contributed by atoms with van der Waals surface area (Å²) in [6, 6.07) is 0. The SMILES string of the molecule is COCCNCc1cscn1. The van der Waals surface area contributed by atoms with E-state index in [-0.39, 0.29) is 0 Å². The van der Waals surface area contributed by atoms with Gasteiger partial charge in [0.2, 0.25) is 0 Å². The molecular weight excluding hydrogens is 160 g/mol. The normalized spacial score (nSPS) is 10.3. The van der Waals surface area contributed by atoms with Crippen LogP contribution in [0.4, 0.5) is 0 Å². The van der Waals surface area contributed by atoms with Crippen molar-refractivity contribution in [2.75, 3.05) is 20.3 Å². The van der Waals surface area contributed by atoms with E-state index in [1.165, 1.54) is 0 Å². The van der Waals surface area contributed by atoms with Gasteiger partial charge in [0.1, 0.15) is 0 Å². The number of ether oxygens (including phenoxy) is 1. The van der Waals surface area contributed by atoms with Crippen LogP contribution in [-0.4, -0.2) is 25.2 Å². The van der Waals surface area contributed by atoms with Crippen LogP contribution in [0.15, 0.2) is 10.9 Å². The van der Waals surface area contributed by atoms with Crippen molar-refractivity contribution >= 4 is 11.3 Å². The van der Waals surface area contributed by atoms with Crippen molar-refractivity contribution in [2.45, 2.75) is 6.54 Å². The van der Waals surface area contributed by atoms with Crippen LogP contribution in [0.25, 0.3) is 0 Å². The van der Waals surface area contributed by atoms with Gasteiger partial charge in [-0.1, -0.05) is 0 Å². The molecule has 4 heteroatoms. The molecule has 0 bridgehead atoms. The monoisotopic (exact) mass is 172 g/mol. The Kier molecular flexibility index (Phi) is 4.11. The quantitative estimate of drug-likeness (QED) is 0.669. The fourth-order valence-electron chi connectivity index (χ4n) is 0.716. The van der Waals surface area contributed by atoms with E-state index in [4.69, 9.17) is 4.74 Å². The first-order valence-electron chi connectivity index (χ1n) is 3.50. The predicted octanol–water partition coefficient (Wildman–Crippen LogP) is 0.879. The zero-order valence-corrected chi connectivity index (χ0v) is 7.36. The van der Waals surface area contributed by atoms with Crippen LogP contribution < -0.4 is 5.32 Å². The summed E-state index contributed by atoms with van der Waals surface area (Å²) in [5, 5.41) is 5.25. The van der Waals surface area contributed by atoms with Gasteiger partial charge in [-0.25, -0.2) is 4.98 Å². The van der Waals surface area contributed by atoms with Crippen LogP contribution in [0, 0.1) is 0 Å². The summed E-state index contributed by atoms with van der Waals surface area (Å²) in [5.41, 5.74) is 2.94. The Morgan fingerprint density at radius 2 is 2.64 bits per heavy atom. The smallest absolute Gasteiger partial charge is 0.0795 e. The molecule has 1 aromatic rings. The van der Waals surface area contributed by atoms with Crippen LogP contribution in [0.5, 0.6) is 0 Å². The van der Waals surface area contributed by atoms with Gasteiger partial charge in [-0.05, 0) is 0 Å². The van der Waals surface area contributed by atoms with Gasteiger partial charge in [0.05, 0.1) is 17.8 Å². The molecule has 62 valence electrons. The minimum Gasteiger partial charge on any atom is -0.383 e. The molecule has 3 nitrogen and oxygen atoms in total. The molecule has 0 aliphatic rings. The van der Waals surface area contributed by atoms with Gasteiger partial charge in [-0.3, -0.25) is 0 Å². The van der Waals surface area contributed by atoms with Crippen LogP contribution in [0.3, 0.4) is 0 Å². The highest BCUT2D eigenvalue weighted by Crippen LogP contribution is 1.98. The number of hydrogen-bond acceptors (Lipinski definition) is 4. The van der Waals surface area contributed by atoms with E-state index in [1.807, 2.05) is 10.9 Å². The number of methoxy groups -OCH3 is 1. The summed E-state index contributed by atoms with van der Waals surface area (Å²) < 4.78 is 4.88. The minimum absolute atomic E-state index is 0.754. The molecule has 0 fully saturated rings. The number of aromatic nitrogens is 1. The summed E-state index contributed by atoms with van der Waals surface area (Å²) in [4.78, 5) is 4.13. The molecule has 1 N–H and O–H groups in total. The number of nitrogens with one attached hydrogen (secondary N) is 1. The molecule has 0 aromatic carbocycles. The largest absolute Gasteiger partial charge is 0.383 e. The van der Waals surface area contributed by atoms with E-state index in [0.29, 0.717) is 0 Å². The fourth-order valence-corrected chi connectivity index (χ4v) is 1.27. The van der Waals surface area contributed by atoms with E-state index in [0.717, 1.165) is 25.4 Å². The molecule has 0 unspecified atom stereocenters. The number of rotatable bonds is 5. The van der Waals surface area contributed by atoms with Gasteiger partial charge in [-0.15, -0.1) is 11.3 Å². The molecule has 0 aliphatic heterocycles. The fraction of sp³-hybridized carbons (Fsp3) is 0.571. The molecule has 0 saturated carbocycles. The molecule has 0 spiro atoms. The van der Waals surface area contributed by atoms with Crippen LogP contribution >= 0.6 is 11.3 Å². The molecule has 0 atom stereocenters. The lowest BCUT2D eigenvalue weighted by Crippen LogP contribution is -2.18. The lowest BCUT2D eigenvalue weighted by molar-refractivity contribution is 0.199. The maximum atomic E-state index is 4.88. The molecule has 0 radical (unpaired) electrons. The second-order valence-corrected chi connectivity index (χ2v) is 2.87. The highest BCUT2D eigenvalue weighted by Gasteiger charge is 1.91. The van der Waals surface area contributed by atoms with E-state index in [1.54, 1.807) is 18.4 Å². The topological polar surface area (TPSA) is 34.1 Å². The third-order valence-electron chi connectivity index (χ3n) is 1.27. The number of nitrogens with zero attached hydrogens (tertiary/aromatic N) is 1. The zero-order valence-electron chi connectivity index (χ0n) is 6.54. The standard InChI is InChI=1S/C7H12N2OS/c1-10-3-2-8-4-7-5-11-6-9-7/h5-6,8H,2-4H2,1H3. The summed E-state index contributed by atoms with van der Waals surface area (Å²) in [6.07, 6.45) is 0. The molecule has 11 heavy (non-hydrogen) atoms. The Bertz CT molecular complexity index is 177. The Labute approximate surface area is 70.4 Å². The molecule has 0 saturated heterocycles. The van der Waals surface area contributed by atoms with E-state index in [9.17, 15) is 0 Å². The van der Waals surface area contributed by atoms with Gasteiger partial charge >= 0.3 is 0 Å². The van der Waals surface area contributed by atoms with Crippen molar-refractivity contribution in [3.8, 4) is 0 Å². The van der Waals surface area contributed by atoms with E-state index < -0.39 is 0 Å². The van der Waals surface area contributed by atoms with Crippen LogP contribution in [0.2, 0.25) is 0 Å². The summed E-state index contributed by atoms with van der Waals surface area (Å²) in [6.45, 7) is 2.48. The van der Waals surface area contributed by atoms with Crippen molar-refractivity contribution in [2.24, 2.45) is 0 Å². The van der Waals surface area contributed by atoms with E-state index in [2.05, 4.69) is 10.3 Å². The summed E-state index contributed by atoms with van der Waals surface area (Å²) >= 11 is 1.62. The van der Waals surface area contributed by atoms with Crippen molar-refractivity contribution in [1.29, 1.82) is 0 Å². The van der Waals surface area contributed by atoms with Gasteiger partial charge < -0.3 is 10.1 Å². The van der Waals surface area contributed by atoms with Crippen molar-refractivity contribution in [1.82, 2.24) is 10.3 Å². The van der Waals surface area contributed by atoms with Crippen molar-refractivity contribution in [3.63, 3.8) is 0 Å². The average Bonchev–Trinajstić information content (AvgIpc) is 2.50. The van der Waals surface area contributed by atoms with Crippen LogP contribution in [-0.2, 0) is 11.3 Å². The summed E-state index contributed by atoms with van der Waals surface area (Å²) in [7, 11) is 1.70. The Balaban J connectivity index is 2.04. The Morgan fingerprint density at radius 3 is 3.27 bits per heavy atom. The number of hydrogen-bond donors (Lipinski definition) is 1. The van der Waals surface area contributed by atoms with Crippen molar-refractivity contribution < 1.29 is 4.74 Å². The van der Waals surface area contributed by atoms with Crippen LogP contribution in [0.1, 0.15) is 5.69 Å². The maximum Gasteiger partial charge on any atom is 0.0795 e. The second-order valence-electron chi connectivity index (χ2n) is 2.15. The Hall–Kier alpha value is -0.450. The summed E-state index contributed by atoms with van der Waals surface area (Å²) in [5.74, 6) is 0. The average molecular weight is 172 g/mol. The molecule has 0 aliphatic carbocycles. The molecular formula is C7H12N2OS. The highest BCUT2D eigenvalue weighted by atomic mass is 32.1. The van der Waals surface area contributed by atoms with E-state index >= 15 is 0 Å². The molecule has 0 amide bonds. The van der Waals surface area contributed by atoms with Gasteiger partial charge in [-0.2, -0.15) is 0 Å². The molecule has 1 aromatic heterocycles. The first-order valence-corrected chi connectivity index (χ1v) is 4.44. The van der Waals surface area contributed by atoms with Crippen molar-refractivity contribution in [3.05, 3.63) is 16.6 Å². The second kappa shape index (κ2) is 5.23.